The zero-order valence-corrected chi connectivity index (χ0v) is 13.8. The first-order valence-electron chi connectivity index (χ1n) is 7.78. The minimum Gasteiger partial charge on any atom is -0.483 e. The number of hydrogen-bond acceptors (Lipinski definition) is 3. The van der Waals surface area contributed by atoms with Crippen molar-refractivity contribution in [3.63, 3.8) is 0 Å². The predicted octanol–water partition coefficient (Wildman–Crippen LogP) is 1.21. The number of carbonyl (C=O) groups is 1. The van der Waals surface area contributed by atoms with E-state index in [0.717, 1.165) is 30.4 Å². The van der Waals surface area contributed by atoms with Crippen LogP contribution in [0.25, 0.3) is 0 Å². The lowest BCUT2D eigenvalue weighted by molar-refractivity contribution is -0.829. The van der Waals surface area contributed by atoms with Gasteiger partial charge in [-0.2, -0.15) is 5.48 Å². The van der Waals surface area contributed by atoms with E-state index in [2.05, 4.69) is 16.8 Å². The first-order chi connectivity index (χ1) is 11.2. The topological polar surface area (TPSA) is 105 Å². The smallest absolute Gasteiger partial charge is 0.290 e. The van der Waals surface area contributed by atoms with Crippen LogP contribution in [0.4, 0.5) is 11.4 Å². The molecule has 0 unspecified atom stereocenters. The number of quaternary nitrogens is 1. The van der Waals surface area contributed by atoms with Crippen LogP contribution in [-0.4, -0.2) is 42.6 Å². The van der Waals surface area contributed by atoms with Gasteiger partial charge in [0, 0.05) is 19.2 Å². The van der Waals surface area contributed by atoms with Crippen LogP contribution < -0.4 is 11.2 Å². The molecule has 1 saturated heterocycles. The lowest BCUT2D eigenvalue weighted by atomic mass is 9.95. The van der Waals surface area contributed by atoms with Crippen LogP contribution in [0.15, 0.2) is 29.3 Å². The van der Waals surface area contributed by atoms with Crippen molar-refractivity contribution >= 4 is 23.8 Å². The molecule has 0 aliphatic carbocycles. The van der Waals surface area contributed by atoms with Gasteiger partial charge < -0.3 is 15.7 Å². The Balaban J connectivity index is 0.000000816. The molecule has 7 nitrogen and oxygen atoms in total. The quantitative estimate of drug-likeness (QED) is 0.254. The number of nitrogens with zero attached hydrogens (tertiary/aromatic N) is 2. The van der Waals surface area contributed by atoms with Gasteiger partial charge in [-0.15, -0.1) is 0 Å². The maximum atomic E-state index is 8.36. The summed E-state index contributed by atoms with van der Waals surface area (Å²) in [6.07, 6.45) is 3.67. The Bertz CT molecular complexity index is 500. The van der Waals surface area contributed by atoms with E-state index < -0.39 is 0 Å². The highest BCUT2D eigenvalue weighted by Gasteiger charge is 2.19. The fraction of sp³-hybridized carbons (Fsp3) is 0.500. The molecule has 2 rings (SSSR count). The summed E-state index contributed by atoms with van der Waals surface area (Å²) in [7, 11) is 1.64. The van der Waals surface area contributed by atoms with E-state index in [1.54, 1.807) is 12.6 Å². The van der Waals surface area contributed by atoms with Crippen LogP contribution in [0.5, 0.6) is 0 Å². The van der Waals surface area contributed by atoms with Gasteiger partial charge in [-0.05, 0) is 24.8 Å². The Morgan fingerprint density at radius 1 is 1.48 bits per heavy atom. The van der Waals surface area contributed by atoms with Crippen molar-refractivity contribution in [3.05, 3.63) is 24.3 Å². The number of guanidine groups is 1. The molecule has 128 valence electrons. The zero-order valence-electron chi connectivity index (χ0n) is 13.8. The summed E-state index contributed by atoms with van der Waals surface area (Å²) in [5, 5.41) is 6.89. The normalized spacial score (nSPS) is 15.7. The van der Waals surface area contributed by atoms with Crippen molar-refractivity contribution in [2.75, 3.05) is 20.2 Å². The molecule has 23 heavy (non-hydrogen) atoms. The van der Waals surface area contributed by atoms with E-state index in [4.69, 9.17) is 20.5 Å². The van der Waals surface area contributed by atoms with Gasteiger partial charge in [-0.1, -0.05) is 25.5 Å². The van der Waals surface area contributed by atoms with E-state index >= 15 is 0 Å². The van der Waals surface area contributed by atoms with E-state index in [-0.39, 0.29) is 6.47 Å². The second-order valence-corrected chi connectivity index (χ2v) is 5.33. The Morgan fingerprint density at radius 3 is 2.65 bits per heavy atom. The summed E-state index contributed by atoms with van der Waals surface area (Å²) in [5.74, 6) is 1.45. The van der Waals surface area contributed by atoms with Gasteiger partial charge in [0.2, 0.25) is 0 Å². The van der Waals surface area contributed by atoms with Gasteiger partial charge in [0.05, 0.1) is 7.11 Å². The fourth-order valence-corrected chi connectivity index (χ4v) is 2.58. The van der Waals surface area contributed by atoms with E-state index in [1.165, 1.54) is 19.3 Å². The first kappa shape index (κ1) is 18.9. The van der Waals surface area contributed by atoms with Crippen LogP contribution >= 0.6 is 0 Å². The molecule has 0 atom stereocenters. The minimum atomic E-state index is -0.250. The number of likely N-dealkylation sites (tertiary alicyclic amines) is 1. The van der Waals surface area contributed by atoms with Gasteiger partial charge in [-0.3, -0.25) is 4.79 Å². The van der Waals surface area contributed by atoms with Crippen molar-refractivity contribution in [1.82, 2.24) is 4.90 Å². The molecular weight excluding hydrogens is 296 g/mol. The molecule has 1 fully saturated rings. The Kier molecular flexibility index (Phi) is 8.71. The Morgan fingerprint density at radius 2 is 2.09 bits per heavy atom. The molecule has 0 amide bonds. The number of rotatable bonds is 4. The van der Waals surface area contributed by atoms with Crippen LogP contribution in [0.2, 0.25) is 0 Å². The first-order valence-corrected chi connectivity index (χ1v) is 7.78. The van der Waals surface area contributed by atoms with Gasteiger partial charge in [0.15, 0.2) is 11.6 Å². The SMILES string of the molecule is CCC1CCN(C(N)=Nc2ccccc2[NH2+]OC)CC1.O=CO. The average molecular weight is 323 g/mol. The number of nitrogens with two attached hydrogens (primary N) is 2. The lowest BCUT2D eigenvalue weighted by Gasteiger charge is -2.32. The third-order valence-electron chi connectivity index (χ3n) is 3.93. The summed E-state index contributed by atoms with van der Waals surface area (Å²) >= 11 is 0. The molecule has 0 aromatic heterocycles. The molecule has 5 N–H and O–H groups in total. The summed E-state index contributed by atoms with van der Waals surface area (Å²) < 4.78 is 0. The third-order valence-corrected chi connectivity index (χ3v) is 3.93. The van der Waals surface area contributed by atoms with Crippen molar-refractivity contribution in [2.45, 2.75) is 26.2 Å². The second-order valence-electron chi connectivity index (χ2n) is 5.33. The van der Waals surface area contributed by atoms with Crippen LogP contribution in [0.1, 0.15) is 26.2 Å². The number of para-hydroxylation sites is 1. The number of carboxylic acid groups (broad SMARTS) is 1. The number of hydrogen-bond donors (Lipinski definition) is 3. The summed E-state index contributed by atoms with van der Waals surface area (Å²) in [6.45, 7) is 4.02. The molecule has 1 heterocycles. The molecule has 1 aliphatic heterocycles. The van der Waals surface area contributed by atoms with Gasteiger partial charge in [0.1, 0.15) is 5.69 Å². The standard InChI is InChI=1S/C15H24N4O.CH2O2/c1-3-12-8-10-19(11-9-12)15(16)17-13-6-4-5-7-14(13)18-20-2;2-1-3/h4-7,12,18H,3,8-11H2,1-2H3,(H2,16,17);1H,(H,2,3)/p+1. The average Bonchev–Trinajstić information content (AvgIpc) is 2.57. The van der Waals surface area contributed by atoms with Crippen molar-refractivity contribution in [2.24, 2.45) is 16.6 Å². The van der Waals surface area contributed by atoms with Crippen molar-refractivity contribution in [1.29, 1.82) is 0 Å². The molecule has 0 spiro atoms. The monoisotopic (exact) mass is 323 g/mol. The fourth-order valence-electron chi connectivity index (χ4n) is 2.58. The minimum absolute atomic E-state index is 0.250. The molecule has 1 aromatic rings. The predicted molar refractivity (Wildman–Crippen MR) is 89.6 cm³/mol. The molecule has 1 aliphatic rings. The van der Waals surface area contributed by atoms with Gasteiger partial charge >= 0.3 is 0 Å². The van der Waals surface area contributed by atoms with Crippen LogP contribution in [0, 0.1) is 5.92 Å². The molecule has 7 heteroatoms. The molecule has 0 bridgehead atoms. The molecular formula is C16H27N4O3+. The summed E-state index contributed by atoms with van der Waals surface area (Å²) in [5.41, 5.74) is 9.64. The lowest BCUT2D eigenvalue weighted by Crippen LogP contribution is -2.75. The van der Waals surface area contributed by atoms with Gasteiger partial charge in [0.25, 0.3) is 6.47 Å². The second kappa shape index (κ2) is 10.6. The third kappa shape index (κ3) is 6.25. The number of benzene rings is 1. The largest absolute Gasteiger partial charge is 0.483 e. The highest BCUT2D eigenvalue weighted by molar-refractivity contribution is 5.82. The van der Waals surface area contributed by atoms with Crippen LogP contribution in [0.3, 0.4) is 0 Å². The zero-order chi connectivity index (χ0) is 17.1. The van der Waals surface area contributed by atoms with E-state index in [0.29, 0.717) is 5.96 Å². The summed E-state index contributed by atoms with van der Waals surface area (Å²) in [6, 6.07) is 7.85. The number of piperidine rings is 1. The molecule has 0 radical (unpaired) electrons. The summed E-state index contributed by atoms with van der Waals surface area (Å²) in [4.78, 5) is 20.2. The highest BCUT2D eigenvalue weighted by atomic mass is 16.6. The van der Waals surface area contributed by atoms with Crippen molar-refractivity contribution in [3.8, 4) is 0 Å². The van der Waals surface area contributed by atoms with Crippen molar-refractivity contribution < 1.29 is 20.2 Å². The maximum absolute atomic E-state index is 8.36. The molecule has 0 saturated carbocycles. The number of aliphatic imine (C=N–C) groups is 1. The maximum Gasteiger partial charge on any atom is 0.290 e. The van der Waals surface area contributed by atoms with Gasteiger partial charge in [-0.25, -0.2) is 9.83 Å². The Labute approximate surface area is 137 Å². The molecule has 1 aromatic carbocycles. The van der Waals surface area contributed by atoms with E-state index in [9.17, 15) is 0 Å². The highest BCUT2D eigenvalue weighted by Crippen LogP contribution is 2.22. The van der Waals surface area contributed by atoms with E-state index in [1.807, 2.05) is 24.3 Å². The van der Waals surface area contributed by atoms with Crippen LogP contribution in [-0.2, 0) is 9.63 Å². The Hall–Kier alpha value is -2.12.